The van der Waals surface area contributed by atoms with Gasteiger partial charge >= 0.3 is 5.97 Å². The molecule has 1 N–H and O–H groups in total. The zero-order valence-electron chi connectivity index (χ0n) is 18.5. The van der Waals surface area contributed by atoms with E-state index >= 15 is 0 Å². The third-order valence-corrected chi connectivity index (χ3v) is 6.55. The van der Waals surface area contributed by atoms with E-state index in [1.165, 1.54) is 43.5 Å². The van der Waals surface area contributed by atoms with Crippen molar-refractivity contribution in [2.75, 3.05) is 13.7 Å². The molecule has 3 aromatic rings. The molecule has 0 spiro atoms. The number of rotatable bonds is 10. The summed E-state index contributed by atoms with van der Waals surface area (Å²) in [7, 11) is -2.59. The second kappa shape index (κ2) is 10.9. The van der Waals surface area contributed by atoms with E-state index in [9.17, 15) is 18.3 Å². The molecular formula is C25H26O7S. The van der Waals surface area contributed by atoms with Crippen LogP contribution in [0.1, 0.15) is 25.3 Å². The standard InChI is InChI=1S/C25H26O7S/c1-3-4-13-31-22-14-18(16-25(27)30-2)15-24(17-22)33(28,29)23-11-9-21(10-12-23)32-20-7-5-19(26)6-8-20/h5-12,14-15,17,26H,3-4,13,16H2,1-2H3. The number of hydrogen-bond donors (Lipinski definition) is 1. The predicted octanol–water partition coefficient (Wildman–Crippen LogP) is 4.91. The predicted molar refractivity (Wildman–Crippen MR) is 123 cm³/mol. The van der Waals surface area contributed by atoms with E-state index in [1.54, 1.807) is 30.3 Å². The first-order chi connectivity index (χ1) is 15.8. The first-order valence-corrected chi connectivity index (χ1v) is 12.0. The molecule has 8 heteroatoms. The lowest BCUT2D eigenvalue weighted by atomic mass is 10.1. The number of methoxy groups -OCH3 is 1. The van der Waals surface area contributed by atoms with Gasteiger partial charge in [0.1, 0.15) is 23.0 Å². The quantitative estimate of drug-likeness (QED) is 0.332. The molecule has 3 rings (SSSR count). The highest BCUT2D eigenvalue weighted by molar-refractivity contribution is 7.91. The molecule has 0 atom stereocenters. The van der Waals surface area contributed by atoms with E-state index < -0.39 is 15.8 Å². The highest BCUT2D eigenvalue weighted by Gasteiger charge is 2.20. The van der Waals surface area contributed by atoms with Crippen molar-refractivity contribution >= 4 is 15.8 Å². The average molecular weight is 471 g/mol. The Morgan fingerprint density at radius 3 is 2.12 bits per heavy atom. The lowest BCUT2D eigenvalue weighted by Gasteiger charge is -2.12. The Morgan fingerprint density at radius 1 is 0.879 bits per heavy atom. The van der Waals surface area contributed by atoms with Gasteiger partial charge in [-0.2, -0.15) is 0 Å². The van der Waals surface area contributed by atoms with Gasteiger partial charge in [-0.3, -0.25) is 4.79 Å². The number of phenolic OH excluding ortho intramolecular Hbond substituents is 1. The van der Waals surface area contributed by atoms with Gasteiger partial charge in [-0.25, -0.2) is 8.42 Å². The number of ether oxygens (including phenoxy) is 3. The molecular weight excluding hydrogens is 444 g/mol. The Hall–Kier alpha value is -3.52. The first kappa shape index (κ1) is 24.1. The van der Waals surface area contributed by atoms with Gasteiger partial charge in [0, 0.05) is 0 Å². The topological polar surface area (TPSA) is 99.1 Å². The maximum atomic E-state index is 13.3. The average Bonchev–Trinajstić information content (AvgIpc) is 2.81. The zero-order chi connectivity index (χ0) is 23.8. The number of unbranched alkanes of at least 4 members (excludes halogenated alkanes) is 1. The molecule has 0 amide bonds. The van der Waals surface area contributed by atoms with Crippen LogP contribution in [-0.4, -0.2) is 33.2 Å². The molecule has 0 aliphatic carbocycles. The van der Waals surface area contributed by atoms with Gasteiger partial charge in [-0.05, 0) is 78.7 Å². The number of carbonyl (C=O) groups is 1. The fourth-order valence-electron chi connectivity index (χ4n) is 3.02. The monoisotopic (exact) mass is 470 g/mol. The molecule has 7 nitrogen and oxygen atoms in total. The van der Waals surface area contributed by atoms with Gasteiger partial charge < -0.3 is 19.3 Å². The van der Waals surface area contributed by atoms with Crippen molar-refractivity contribution in [1.29, 1.82) is 0 Å². The van der Waals surface area contributed by atoms with Crippen molar-refractivity contribution in [2.45, 2.75) is 36.0 Å². The van der Waals surface area contributed by atoms with E-state index in [0.717, 1.165) is 12.8 Å². The van der Waals surface area contributed by atoms with Crippen LogP contribution in [0.4, 0.5) is 0 Å². The Labute approximate surface area is 193 Å². The van der Waals surface area contributed by atoms with Crippen LogP contribution in [0, 0.1) is 0 Å². The fourth-order valence-corrected chi connectivity index (χ4v) is 4.36. The molecule has 0 saturated carbocycles. The normalized spacial score (nSPS) is 11.1. The van der Waals surface area contributed by atoms with Crippen molar-refractivity contribution in [1.82, 2.24) is 0 Å². The summed E-state index contributed by atoms with van der Waals surface area (Å²) in [6.07, 6.45) is 1.70. The smallest absolute Gasteiger partial charge is 0.309 e. The number of sulfone groups is 1. The second-order valence-electron chi connectivity index (χ2n) is 7.34. The highest BCUT2D eigenvalue weighted by Crippen LogP contribution is 2.29. The van der Waals surface area contributed by atoms with Crippen LogP contribution >= 0.6 is 0 Å². The van der Waals surface area contributed by atoms with Gasteiger partial charge in [0.05, 0.1) is 29.9 Å². The second-order valence-corrected chi connectivity index (χ2v) is 9.29. The summed E-state index contributed by atoms with van der Waals surface area (Å²) in [6, 6.07) is 16.8. The maximum Gasteiger partial charge on any atom is 0.309 e. The number of aromatic hydroxyl groups is 1. The Bertz CT molecular complexity index is 1180. The van der Waals surface area contributed by atoms with Crippen molar-refractivity contribution < 1.29 is 32.5 Å². The minimum Gasteiger partial charge on any atom is -0.508 e. The van der Waals surface area contributed by atoms with Crippen LogP contribution in [0.2, 0.25) is 0 Å². The number of hydrogen-bond acceptors (Lipinski definition) is 7. The molecule has 0 saturated heterocycles. The van der Waals surface area contributed by atoms with Gasteiger partial charge in [-0.1, -0.05) is 13.3 Å². The summed E-state index contributed by atoms with van der Waals surface area (Å²) >= 11 is 0. The minimum absolute atomic E-state index is 0.0302. The van der Waals surface area contributed by atoms with Gasteiger partial charge in [0.2, 0.25) is 9.84 Å². The van der Waals surface area contributed by atoms with Crippen LogP contribution in [0.25, 0.3) is 0 Å². The number of phenols is 1. The molecule has 0 aliphatic rings. The molecule has 0 heterocycles. The number of carbonyl (C=O) groups excluding carboxylic acids is 1. The van der Waals surface area contributed by atoms with E-state index in [2.05, 4.69) is 0 Å². The highest BCUT2D eigenvalue weighted by atomic mass is 32.2. The fraction of sp³-hybridized carbons (Fsp3) is 0.240. The molecule has 0 unspecified atom stereocenters. The summed E-state index contributed by atoms with van der Waals surface area (Å²) < 4.78 is 42.7. The van der Waals surface area contributed by atoms with Crippen LogP contribution in [0.3, 0.4) is 0 Å². The largest absolute Gasteiger partial charge is 0.508 e. The Kier molecular flexibility index (Phi) is 7.95. The van der Waals surface area contributed by atoms with Crippen LogP contribution < -0.4 is 9.47 Å². The number of benzene rings is 3. The van der Waals surface area contributed by atoms with Crippen molar-refractivity contribution in [3.8, 4) is 23.0 Å². The van der Waals surface area contributed by atoms with Gasteiger partial charge in [0.25, 0.3) is 0 Å². The molecule has 0 radical (unpaired) electrons. The zero-order valence-corrected chi connectivity index (χ0v) is 19.3. The molecule has 33 heavy (non-hydrogen) atoms. The van der Waals surface area contributed by atoms with Crippen LogP contribution in [0.15, 0.2) is 76.5 Å². The third-order valence-electron chi connectivity index (χ3n) is 4.80. The van der Waals surface area contributed by atoms with Crippen LogP contribution in [0.5, 0.6) is 23.0 Å². The number of esters is 1. The van der Waals surface area contributed by atoms with Gasteiger partial charge in [0.15, 0.2) is 0 Å². The summed E-state index contributed by atoms with van der Waals surface area (Å²) in [5.74, 6) is 0.988. The maximum absolute atomic E-state index is 13.3. The minimum atomic E-state index is -3.87. The first-order valence-electron chi connectivity index (χ1n) is 10.5. The molecule has 0 aliphatic heterocycles. The van der Waals surface area contributed by atoms with E-state index in [-0.39, 0.29) is 22.0 Å². The Morgan fingerprint density at radius 2 is 1.52 bits per heavy atom. The molecule has 174 valence electrons. The molecule has 0 bridgehead atoms. The van der Waals surface area contributed by atoms with Crippen molar-refractivity contribution in [2.24, 2.45) is 0 Å². The summed E-state index contributed by atoms with van der Waals surface area (Å²) in [5, 5.41) is 9.36. The SMILES string of the molecule is CCCCOc1cc(CC(=O)OC)cc(S(=O)(=O)c2ccc(Oc3ccc(O)cc3)cc2)c1. The molecule has 0 aromatic heterocycles. The van der Waals surface area contributed by atoms with E-state index in [1.807, 2.05) is 6.92 Å². The van der Waals surface area contributed by atoms with Crippen LogP contribution in [-0.2, 0) is 25.8 Å². The Balaban J connectivity index is 1.87. The molecule has 3 aromatic carbocycles. The van der Waals surface area contributed by atoms with E-state index in [4.69, 9.17) is 14.2 Å². The third kappa shape index (κ3) is 6.49. The summed E-state index contributed by atoms with van der Waals surface area (Å²) in [5.41, 5.74) is 0.488. The van der Waals surface area contributed by atoms with Crippen molar-refractivity contribution in [3.05, 3.63) is 72.3 Å². The lowest BCUT2D eigenvalue weighted by Crippen LogP contribution is -2.08. The van der Waals surface area contributed by atoms with E-state index in [0.29, 0.717) is 29.4 Å². The lowest BCUT2D eigenvalue weighted by molar-refractivity contribution is -0.139. The van der Waals surface area contributed by atoms with Gasteiger partial charge in [-0.15, -0.1) is 0 Å². The summed E-state index contributed by atoms with van der Waals surface area (Å²) in [4.78, 5) is 11.9. The molecule has 0 fully saturated rings. The summed E-state index contributed by atoms with van der Waals surface area (Å²) in [6.45, 7) is 2.48. The van der Waals surface area contributed by atoms with Crippen molar-refractivity contribution in [3.63, 3.8) is 0 Å².